The highest BCUT2D eigenvalue weighted by Crippen LogP contribution is 2.30. The molecule has 2 rings (SSSR count). The summed E-state index contributed by atoms with van der Waals surface area (Å²) in [5.74, 6) is 0. The second-order valence-electron chi connectivity index (χ2n) is 4.31. The van der Waals surface area contributed by atoms with Gasteiger partial charge in [-0.3, -0.25) is 4.98 Å². The Hall–Kier alpha value is -2.05. The fourth-order valence-electron chi connectivity index (χ4n) is 1.99. The van der Waals surface area contributed by atoms with E-state index in [0.29, 0.717) is 5.56 Å². The molecule has 0 radical (unpaired) electrons. The van der Waals surface area contributed by atoms with Crippen molar-refractivity contribution in [2.45, 2.75) is 13.0 Å². The van der Waals surface area contributed by atoms with Crippen LogP contribution in [0.3, 0.4) is 0 Å². The highest BCUT2D eigenvalue weighted by atomic mass is 35.5. The molecular formula is C15H14ClN3. The molecule has 0 spiro atoms. The average Bonchev–Trinajstić information content (AvgIpc) is 2.46. The Morgan fingerprint density at radius 3 is 2.74 bits per heavy atom. The van der Waals surface area contributed by atoms with Crippen molar-refractivity contribution >= 4 is 17.3 Å². The summed E-state index contributed by atoms with van der Waals surface area (Å²) in [6.45, 7) is 2.05. The quantitative estimate of drug-likeness (QED) is 0.852. The molecule has 1 aromatic heterocycles. The Balaban J connectivity index is 2.37. The zero-order valence-electron chi connectivity index (χ0n) is 10.8. The van der Waals surface area contributed by atoms with E-state index in [1.54, 1.807) is 18.5 Å². The third kappa shape index (κ3) is 2.69. The van der Waals surface area contributed by atoms with Crippen molar-refractivity contribution in [2.75, 3.05) is 11.9 Å². The van der Waals surface area contributed by atoms with E-state index < -0.39 is 0 Å². The lowest BCUT2D eigenvalue weighted by Gasteiger charge is -2.28. The van der Waals surface area contributed by atoms with Gasteiger partial charge in [-0.25, -0.2) is 0 Å². The van der Waals surface area contributed by atoms with Gasteiger partial charge in [-0.1, -0.05) is 29.8 Å². The number of pyridine rings is 1. The Morgan fingerprint density at radius 2 is 2.05 bits per heavy atom. The van der Waals surface area contributed by atoms with Gasteiger partial charge in [0.1, 0.15) is 6.07 Å². The first-order valence-electron chi connectivity index (χ1n) is 5.96. The number of halogens is 1. The van der Waals surface area contributed by atoms with Crippen molar-refractivity contribution in [3.63, 3.8) is 0 Å². The maximum absolute atomic E-state index is 9.14. The first-order valence-corrected chi connectivity index (χ1v) is 6.34. The third-order valence-corrected chi connectivity index (χ3v) is 3.58. The molecule has 1 aromatic carbocycles. The van der Waals surface area contributed by atoms with Crippen LogP contribution in [0, 0.1) is 11.3 Å². The number of anilines is 1. The maximum atomic E-state index is 9.14. The lowest BCUT2D eigenvalue weighted by atomic mass is 10.1. The van der Waals surface area contributed by atoms with Crippen molar-refractivity contribution in [1.29, 1.82) is 5.26 Å². The van der Waals surface area contributed by atoms with E-state index in [1.165, 1.54) is 0 Å². The lowest BCUT2D eigenvalue weighted by molar-refractivity contribution is 0.737. The van der Waals surface area contributed by atoms with Gasteiger partial charge in [-0.2, -0.15) is 5.26 Å². The predicted molar refractivity (Wildman–Crippen MR) is 77.2 cm³/mol. The van der Waals surface area contributed by atoms with E-state index in [9.17, 15) is 0 Å². The highest BCUT2D eigenvalue weighted by Gasteiger charge is 2.17. The Kier molecular flexibility index (Phi) is 4.03. The molecule has 1 unspecified atom stereocenters. The van der Waals surface area contributed by atoms with Gasteiger partial charge < -0.3 is 4.90 Å². The fourth-order valence-corrected chi connectivity index (χ4v) is 2.29. The summed E-state index contributed by atoms with van der Waals surface area (Å²) in [6, 6.07) is 11.7. The van der Waals surface area contributed by atoms with Crippen molar-refractivity contribution in [2.24, 2.45) is 0 Å². The number of nitriles is 1. The largest absolute Gasteiger partial charge is 0.365 e. The molecule has 0 fully saturated rings. The Morgan fingerprint density at radius 1 is 1.32 bits per heavy atom. The molecule has 4 heteroatoms. The normalized spacial score (nSPS) is 11.7. The van der Waals surface area contributed by atoms with E-state index in [-0.39, 0.29) is 6.04 Å². The van der Waals surface area contributed by atoms with E-state index in [0.717, 1.165) is 16.3 Å². The van der Waals surface area contributed by atoms with Gasteiger partial charge in [0.15, 0.2) is 0 Å². The topological polar surface area (TPSA) is 39.9 Å². The van der Waals surface area contributed by atoms with Gasteiger partial charge in [-0.05, 0) is 24.6 Å². The minimum atomic E-state index is 0.0602. The van der Waals surface area contributed by atoms with E-state index in [2.05, 4.69) is 18.0 Å². The molecule has 1 heterocycles. The van der Waals surface area contributed by atoms with Gasteiger partial charge in [0.2, 0.25) is 0 Å². The average molecular weight is 272 g/mol. The second-order valence-corrected chi connectivity index (χ2v) is 4.72. The van der Waals surface area contributed by atoms with Crippen LogP contribution in [0.4, 0.5) is 5.69 Å². The molecule has 0 saturated carbocycles. The summed E-state index contributed by atoms with van der Waals surface area (Å²) in [6.07, 6.45) is 3.32. The first kappa shape index (κ1) is 13.4. The zero-order chi connectivity index (χ0) is 13.8. The molecule has 19 heavy (non-hydrogen) atoms. The summed E-state index contributed by atoms with van der Waals surface area (Å²) < 4.78 is 0. The second kappa shape index (κ2) is 5.73. The summed E-state index contributed by atoms with van der Waals surface area (Å²) in [5, 5.41) is 9.87. The van der Waals surface area contributed by atoms with Gasteiger partial charge >= 0.3 is 0 Å². The van der Waals surface area contributed by atoms with Crippen molar-refractivity contribution < 1.29 is 0 Å². The molecule has 0 bridgehead atoms. The maximum Gasteiger partial charge on any atom is 0.101 e. The molecular weight excluding hydrogens is 258 g/mol. The number of benzene rings is 1. The molecule has 3 nitrogen and oxygen atoms in total. The van der Waals surface area contributed by atoms with Crippen molar-refractivity contribution in [3.05, 3.63) is 58.9 Å². The SMILES string of the molecule is CC(c1ccccc1Cl)N(C)c1cnccc1C#N. The van der Waals surface area contributed by atoms with Crippen LogP contribution in [0.5, 0.6) is 0 Å². The number of nitrogens with zero attached hydrogens (tertiary/aromatic N) is 3. The summed E-state index contributed by atoms with van der Waals surface area (Å²) in [4.78, 5) is 6.09. The van der Waals surface area contributed by atoms with Gasteiger partial charge in [0, 0.05) is 18.3 Å². The molecule has 0 amide bonds. The van der Waals surface area contributed by atoms with Crippen LogP contribution in [-0.2, 0) is 0 Å². The molecule has 0 aliphatic rings. The standard InChI is InChI=1S/C15H14ClN3/c1-11(13-5-3-4-6-14(13)16)19(2)15-10-18-8-7-12(15)9-17/h3-8,10-11H,1-2H3. The van der Waals surface area contributed by atoms with E-state index in [4.69, 9.17) is 16.9 Å². The number of aromatic nitrogens is 1. The zero-order valence-corrected chi connectivity index (χ0v) is 11.6. The molecule has 2 aromatic rings. The van der Waals surface area contributed by atoms with Crippen molar-refractivity contribution in [1.82, 2.24) is 4.98 Å². The summed E-state index contributed by atoms with van der Waals surface area (Å²) in [7, 11) is 1.94. The smallest absolute Gasteiger partial charge is 0.101 e. The van der Waals surface area contributed by atoms with Gasteiger partial charge in [-0.15, -0.1) is 0 Å². The monoisotopic (exact) mass is 271 g/mol. The molecule has 1 atom stereocenters. The molecule has 0 saturated heterocycles. The minimum Gasteiger partial charge on any atom is -0.365 e. The number of rotatable bonds is 3. The van der Waals surface area contributed by atoms with Crippen LogP contribution in [0.25, 0.3) is 0 Å². The lowest BCUT2D eigenvalue weighted by Crippen LogP contribution is -2.22. The Labute approximate surface area is 118 Å². The number of hydrogen-bond donors (Lipinski definition) is 0. The Bertz CT molecular complexity index is 619. The summed E-state index contributed by atoms with van der Waals surface area (Å²) >= 11 is 6.22. The molecule has 96 valence electrons. The van der Waals surface area contributed by atoms with Crippen LogP contribution >= 0.6 is 11.6 Å². The molecule has 0 N–H and O–H groups in total. The fraction of sp³-hybridized carbons (Fsp3) is 0.200. The van der Waals surface area contributed by atoms with Crippen molar-refractivity contribution in [3.8, 4) is 6.07 Å². The van der Waals surface area contributed by atoms with Gasteiger partial charge in [0.25, 0.3) is 0 Å². The highest BCUT2D eigenvalue weighted by molar-refractivity contribution is 6.31. The van der Waals surface area contributed by atoms with E-state index in [1.807, 2.05) is 36.2 Å². The van der Waals surface area contributed by atoms with E-state index >= 15 is 0 Å². The minimum absolute atomic E-state index is 0.0602. The van der Waals surface area contributed by atoms with Crippen LogP contribution in [-0.4, -0.2) is 12.0 Å². The van der Waals surface area contributed by atoms with Crippen LogP contribution in [0.1, 0.15) is 24.1 Å². The third-order valence-electron chi connectivity index (χ3n) is 3.24. The summed E-state index contributed by atoms with van der Waals surface area (Å²) in [5.41, 5.74) is 2.44. The van der Waals surface area contributed by atoms with Crippen LogP contribution < -0.4 is 4.90 Å². The number of hydrogen-bond acceptors (Lipinski definition) is 3. The van der Waals surface area contributed by atoms with Crippen LogP contribution in [0.2, 0.25) is 5.02 Å². The predicted octanol–water partition coefficient (Wildman–Crippen LogP) is 3.80. The molecule has 0 aliphatic heterocycles. The first-order chi connectivity index (χ1) is 9.15. The molecule has 0 aliphatic carbocycles. The van der Waals surface area contributed by atoms with Gasteiger partial charge in [0.05, 0.1) is 23.5 Å². The van der Waals surface area contributed by atoms with Crippen LogP contribution in [0.15, 0.2) is 42.7 Å².